The van der Waals surface area contributed by atoms with E-state index >= 15 is 0 Å². The molecule has 1 aliphatic rings. The molecule has 0 aromatic heterocycles. The van der Waals surface area contributed by atoms with Crippen molar-refractivity contribution < 1.29 is 22.1 Å². The molecule has 0 N–H and O–H groups in total. The van der Waals surface area contributed by atoms with Gasteiger partial charge in [-0.25, -0.2) is 4.79 Å². The van der Waals surface area contributed by atoms with Crippen molar-refractivity contribution in [2.75, 3.05) is 12.8 Å². The molecule has 2 atom stereocenters. The first-order valence-electron chi connectivity index (χ1n) is 5.37. The van der Waals surface area contributed by atoms with Gasteiger partial charge in [0.1, 0.15) is 11.7 Å². The Morgan fingerprint density at radius 3 is 2.24 bits per heavy atom. The third kappa shape index (κ3) is 4.16. The molecule has 1 rings (SSSR count). The molecule has 1 aliphatic heterocycles. The number of hydrogen-bond acceptors (Lipinski definition) is 5. The zero-order valence-corrected chi connectivity index (χ0v) is 11.6. The van der Waals surface area contributed by atoms with E-state index in [9.17, 15) is 13.2 Å². The third-order valence-electron chi connectivity index (χ3n) is 2.33. The van der Waals surface area contributed by atoms with Gasteiger partial charge < -0.3 is 9.64 Å². The normalized spacial score (nSPS) is 25.4. The van der Waals surface area contributed by atoms with Crippen molar-refractivity contribution in [1.29, 1.82) is 0 Å². The molecule has 17 heavy (non-hydrogen) atoms. The Balaban J connectivity index is 2.50. The van der Waals surface area contributed by atoms with E-state index < -0.39 is 27.9 Å². The van der Waals surface area contributed by atoms with Crippen LogP contribution < -0.4 is 0 Å². The molecule has 1 saturated heterocycles. The Bertz CT molecular complexity index is 397. The fraction of sp³-hybridized carbons (Fsp3) is 0.900. The second kappa shape index (κ2) is 4.45. The van der Waals surface area contributed by atoms with Crippen LogP contribution in [0.15, 0.2) is 0 Å². The molecular formula is C10H19NO5S. The zero-order chi connectivity index (χ0) is 13.4. The van der Waals surface area contributed by atoms with E-state index in [1.54, 1.807) is 27.7 Å². The highest BCUT2D eigenvalue weighted by molar-refractivity contribution is 7.86. The SMILES string of the molecule is C[C@@H]1[C@H](OS(C)(=O)=O)CN1C(=O)OC(C)(C)C. The molecule has 1 heterocycles. The standard InChI is InChI=1S/C10H19NO5S/c1-7-8(16-17(5,13)14)6-11(7)9(12)15-10(2,3)4/h7-8H,6H2,1-5H3/t7-,8-/m1/s1. The van der Waals surface area contributed by atoms with Gasteiger partial charge in [0.2, 0.25) is 0 Å². The molecule has 0 saturated carbocycles. The van der Waals surface area contributed by atoms with E-state index in [0.29, 0.717) is 0 Å². The third-order valence-corrected chi connectivity index (χ3v) is 2.93. The molecule has 0 radical (unpaired) electrons. The van der Waals surface area contributed by atoms with Crippen LogP contribution in [0.25, 0.3) is 0 Å². The lowest BCUT2D eigenvalue weighted by Gasteiger charge is -2.44. The maximum atomic E-state index is 11.7. The minimum atomic E-state index is -3.48. The minimum Gasteiger partial charge on any atom is -0.444 e. The summed E-state index contributed by atoms with van der Waals surface area (Å²) in [6, 6.07) is -0.292. The van der Waals surface area contributed by atoms with Gasteiger partial charge in [0, 0.05) is 0 Å². The van der Waals surface area contributed by atoms with E-state index in [1.807, 2.05) is 0 Å². The van der Waals surface area contributed by atoms with Crippen molar-refractivity contribution in [3.05, 3.63) is 0 Å². The lowest BCUT2D eigenvalue weighted by Crippen LogP contribution is -2.62. The van der Waals surface area contributed by atoms with Gasteiger partial charge in [-0.3, -0.25) is 4.18 Å². The average molecular weight is 265 g/mol. The Labute approximate surface area is 102 Å². The highest BCUT2D eigenvalue weighted by Crippen LogP contribution is 2.24. The monoisotopic (exact) mass is 265 g/mol. The zero-order valence-electron chi connectivity index (χ0n) is 10.8. The van der Waals surface area contributed by atoms with Gasteiger partial charge in [-0.15, -0.1) is 0 Å². The number of likely N-dealkylation sites (tertiary alicyclic amines) is 1. The number of nitrogens with zero attached hydrogens (tertiary/aromatic N) is 1. The van der Waals surface area contributed by atoms with E-state index in [4.69, 9.17) is 8.92 Å². The van der Waals surface area contributed by atoms with Crippen molar-refractivity contribution in [2.45, 2.75) is 45.4 Å². The number of carbonyl (C=O) groups is 1. The molecule has 1 fully saturated rings. The van der Waals surface area contributed by atoms with Crippen molar-refractivity contribution in [3.63, 3.8) is 0 Å². The Morgan fingerprint density at radius 2 is 1.88 bits per heavy atom. The van der Waals surface area contributed by atoms with Crippen molar-refractivity contribution >= 4 is 16.2 Å². The molecular weight excluding hydrogens is 246 g/mol. The summed E-state index contributed by atoms with van der Waals surface area (Å²) in [5.41, 5.74) is -0.556. The van der Waals surface area contributed by atoms with Gasteiger partial charge in [0.05, 0.1) is 18.8 Å². The predicted molar refractivity (Wildman–Crippen MR) is 62.1 cm³/mol. The van der Waals surface area contributed by atoms with Crippen LogP contribution in [-0.2, 0) is 19.0 Å². The summed E-state index contributed by atoms with van der Waals surface area (Å²) in [5, 5.41) is 0. The molecule has 6 nitrogen and oxygen atoms in total. The van der Waals surface area contributed by atoms with Crippen LogP contribution in [-0.4, -0.2) is 50.0 Å². The molecule has 0 spiro atoms. The molecule has 1 amide bonds. The number of rotatable bonds is 2. The van der Waals surface area contributed by atoms with Crippen LogP contribution in [0.1, 0.15) is 27.7 Å². The van der Waals surface area contributed by atoms with E-state index in [2.05, 4.69) is 0 Å². The van der Waals surface area contributed by atoms with Crippen LogP contribution in [0.5, 0.6) is 0 Å². The molecule has 100 valence electrons. The molecule has 0 aliphatic carbocycles. The summed E-state index contributed by atoms with van der Waals surface area (Å²) in [4.78, 5) is 13.1. The first kappa shape index (κ1) is 14.2. The number of carbonyl (C=O) groups excluding carboxylic acids is 1. The van der Waals surface area contributed by atoms with Crippen LogP contribution in [0.4, 0.5) is 4.79 Å². The summed E-state index contributed by atoms with van der Waals surface area (Å²) < 4.78 is 31.8. The van der Waals surface area contributed by atoms with E-state index in [-0.39, 0.29) is 12.6 Å². The summed E-state index contributed by atoms with van der Waals surface area (Å²) >= 11 is 0. The Kier molecular flexibility index (Phi) is 3.73. The van der Waals surface area contributed by atoms with Crippen molar-refractivity contribution in [2.24, 2.45) is 0 Å². The van der Waals surface area contributed by atoms with Crippen LogP contribution in [0.2, 0.25) is 0 Å². The molecule has 0 unspecified atom stereocenters. The van der Waals surface area contributed by atoms with Crippen molar-refractivity contribution in [1.82, 2.24) is 4.90 Å². The maximum absolute atomic E-state index is 11.7. The van der Waals surface area contributed by atoms with Gasteiger partial charge in [-0.1, -0.05) is 0 Å². The highest BCUT2D eigenvalue weighted by Gasteiger charge is 2.43. The lowest BCUT2D eigenvalue weighted by atomic mass is 10.0. The largest absolute Gasteiger partial charge is 0.444 e. The topological polar surface area (TPSA) is 72.9 Å². The highest BCUT2D eigenvalue weighted by atomic mass is 32.2. The number of ether oxygens (including phenoxy) is 1. The summed E-state index contributed by atoms with van der Waals surface area (Å²) in [7, 11) is -3.48. The summed E-state index contributed by atoms with van der Waals surface area (Å²) in [5.74, 6) is 0. The molecule has 0 bridgehead atoms. The number of amides is 1. The van der Waals surface area contributed by atoms with Gasteiger partial charge in [0.15, 0.2) is 0 Å². The second-order valence-electron chi connectivity index (χ2n) is 5.21. The maximum Gasteiger partial charge on any atom is 0.410 e. The predicted octanol–water partition coefficient (Wildman–Crippen LogP) is 0.970. The lowest BCUT2D eigenvalue weighted by molar-refractivity contribution is -0.0514. The Hall–Kier alpha value is -0.820. The first-order chi connectivity index (χ1) is 7.49. The molecule has 7 heteroatoms. The van der Waals surface area contributed by atoms with Gasteiger partial charge in [0.25, 0.3) is 10.1 Å². The fourth-order valence-electron chi connectivity index (χ4n) is 1.47. The molecule has 0 aromatic rings. The van der Waals surface area contributed by atoms with Crippen LogP contribution in [0, 0.1) is 0 Å². The number of hydrogen-bond donors (Lipinski definition) is 0. The van der Waals surface area contributed by atoms with Crippen molar-refractivity contribution in [3.8, 4) is 0 Å². The average Bonchev–Trinajstić information content (AvgIpc) is 2.06. The van der Waals surface area contributed by atoms with E-state index in [0.717, 1.165) is 6.26 Å². The quantitative estimate of drug-likeness (QED) is 0.696. The van der Waals surface area contributed by atoms with Gasteiger partial charge in [-0.2, -0.15) is 8.42 Å². The fourth-order valence-corrected chi connectivity index (χ4v) is 2.14. The van der Waals surface area contributed by atoms with Gasteiger partial charge >= 0.3 is 6.09 Å². The molecule has 0 aromatic carbocycles. The minimum absolute atomic E-state index is 0.239. The summed E-state index contributed by atoms with van der Waals surface area (Å²) in [6.45, 7) is 7.30. The summed E-state index contributed by atoms with van der Waals surface area (Å²) in [6.07, 6.45) is 0.0754. The van der Waals surface area contributed by atoms with Crippen LogP contribution >= 0.6 is 0 Å². The Morgan fingerprint density at radius 1 is 1.35 bits per heavy atom. The second-order valence-corrected chi connectivity index (χ2v) is 6.81. The smallest absolute Gasteiger partial charge is 0.410 e. The van der Waals surface area contributed by atoms with Crippen LogP contribution in [0.3, 0.4) is 0 Å². The van der Waals surface area contributed by atoms with E-state index in [1.165, 1.54) is 4.90 Å². The first-order valence-corrected chi connectivity index (χ1v) is 7.19. The van der Waals surface area contributed by atoms with Gasteiger partial charge in [-0.05, 0) is 27.7 Å².